The third kappa shape index (κ3) is 2.47. The van der Waals surface area contributed by atoms with Crippen LogP contribution in [0.1, 0.15) is 19.4 Å². The van der Waals surface area contributed by atoms with Gasteiger partial charge in [0.2, 0.25) is 0 Å². The van der Waals surface area contributed by atoms with E-state index < -0.39 is 0 Å². The summed E-state index contributed by atoms with van der Waals surface area (Å²) in [4.78, 5) is 0. The van der Waals surface area contributed by atoms with E-state index in [1.54, 1.807) is 0 Å². The van der Waals surface area contributed by atoms with Gasteiger partial charge < -0.3 is 10.6 Å². The van der Waals surface area contributed by atoms with Gasteiger partial charge in [-0.15, -0.1) is 0 Å². The summed E-state index contributed by atoms with van der Waals surface area (Å²) in [6.45, 7) is 4.51. The van der Waals surface area contributed by atoms with E-state index in [1.807, 2.05) is 38.1 Å². The van der Waals surface area contributed by atoms with E-state index in [0.717, 1.165) is 17.0 Å². The first-order chi connectivity index (χ1) is 6.27. The first kappa shape index (κ1) is 9.58. The van der Waals surface area contributed by atoms with Crippen LogP contribution in [-0.4, -0.2) is 12.3 Å². The Labute approximate surface area is 78.2 Å². The first-order valence-electron chi connectivity index (χ1n) is 4.25. The summed E-state index contributed by atoms with van der Waals surface area (Å²) in [5, 5.41) is 3.61. The maximum Gasteiger partial charge on any atom is 0.119 e. The van der Waals surface area contributed by atoms with E-state index in [4.69, 9.17) is 10.6 Å². The topological polar surface area (TPSA) is 47.6 Å². The Bertz CT molecular complexity index is 290. The Kier molecular flexibility index (Phi) is 3.31. The van der Waals surface area contributed by atoms with Gasteiger partial charge in [0.25, 0.3) is 0 Å². The van der Waals surface area contributed by atoms with Gasteiger partial charge in [-0.2, -0.15) is 5.10 Å². The third-order valence-electron chi connectivity index (χ3n) is 1.78. The van der Waals surface area contributed by atoms with Gasteiger partial charge in [-0.05, 0) is 43.7 Å². The summed E-state index contributed by atoms with van der Waals surface area (Å²) >= 11 is 0. The number of nitrogens with two attached hydrogens (primary N) is 1. The number of hydrogen-bond acceptors (Lipinski definition) is 3. The molecule has 0 radical (unpaired) electrons. The largest absolute Gasteiger partial charge is 0.494 e. The SMILES string of the molecule is CCOc1ccc(/C(C)=N/N)cc1. The van der Waals surface area contributed by atoms with Gasteiger partial charge in [-0.1, -0.05) is 0 Å². The minimum Gasteiger partial charge on any atom is -0.494 e. The maximum absolute atomic E-state index is 5.30. The average Bonchev–Trinajstić information content (AvgIpc) is 2.18. The molecule has 0 atom stereocenters. The maximum atomic E-state index is 5.30. The molecule has 0 heterocycles. The molecule has 0 aliphatic heterocycles. The number of ether oxygens (including phenoxy) is 1. The first-order valence-corrected chi connectivity index (χ1v) is 4.25. The number of benzene rings is 1. The molecule has 0 spiro atoms. The summed E-state index contributed by atoms with van der Waals surface area (Å²) < 4.78 is 5.30. The lowest BCUT2D eigenvalue weighted by molar-refractivity contribution is 0.340. The van der Waals surface area contributed by atoms with Crippen molar-refractivity contribution in [3.05, 3.63) is 29.8 Å². The molecule has 3 heteroatoms. The second kappa shape index (κ2) is 4.50. The van der Waals surface area contributed by atoms with Crippen LogP contribution in [0.4, 0.5) is 0 Å². The fourth-order valence-corrected chi connectivity index (χ4v) is 1.03. The van der Waals surface area contributed by atoms with Crippen LogP contribution in [0.15, 0.2) is 29.4 Å². The molecule has 0 aliphatic rings. The van der Waals surface area contributed by atoms with Crippen LogP contribution in [0.3, 0.4) is 0 Å². The highest BCUT2D eigenvalue weighted by Crippen LogP contribution is 2.12. The monoisotopic (exact) mass is 178 g/mol. The van der Waals surface area contributed by atoms with E-state index in [9.17, 15) is 0 Å². The molecule has 2 N–H and O–H groups in total. The average molecular weight is 178 g/mol. The molecule has 70 valence electrons. The molecule has 0 amide bonds. The molecule has 1 rings (SSSR count). The highest BCUT2D eigenvalue weighted by Gasteiger charge is 1.96. The molecule has 0 unspecified atom stereocenters. The molecule has 3 nitrogen and oxygen atoms in total. The Morgan fingerprint density at radius 1 is 1.38 bits per heavy atom. The van der Waals surface area contributed by atoms with Gasteiger partial charge >= 0.3 is 0 Å². The molecule has 0 aliphatic carbocycles. The van der Waals surface area contributed by atoms with Gasteiger partial charge in [0.1, 0.15) is 5.75 Å². The Balaban J connectivity index is 2.81. The highest BCUT2D eigenvalue weighted by atomic mass is 16.5. The van der Waals surface area contributed by atoms with E-state index in [-0.39, 0.29) is 0 Å². The molecule has 0 saturated carbocycles. The van der Waals surface area contributed by atoms with Gasteiger partial charge in [0.05, 0.1) is 12.3 Å². The number of hydrogen-bond donors (Lipinski definition) is 1. The molecular weight excluding hydrogens is 164 g/mol. The second-order valence-electron chi connectivity index (χ2n) is 2.67. The number of hydrazone groups is 1. The Morgan fingerprint density at radius 3 is 2.46 bits per heavy atom. The molecule has 0 bridgehead atoms. The molecule has 1 aromatic rings. The van der Waals surface area contributed by atoms with Crippen LogP contribution in [0.25, 0.3) is 0 Å². The molecule has 0 fully saturated rings. The summed E-state index contributed by atoms with van der Waals surface area (Å²) in [6, 6.07) is 7.70. The van der Waals surface area contributed by atoms with Gasteiger partial charge in [0.15, 0.2) is 0 Å². The van der Waals surface area contributed by atoms with Gasteiger partial charge in [-0.3, -0.25) is 0 Å². The van der Waals surface area contributed by atoms with Crippen LogP contribution >= 0.6 is 0 Å². The fourth-order valence-electron chi connectivity index (χ4n) is 1.03. The quantitative estimate of drug-likeness (QED) is 0.435. The molecule has 1 aromatic carbocycles. The molecule has 0 saturated heterocycles. The van der Waals surface area contributed by atoms with Crippen molar-refractivity contribution in [1.82, 2.24) is 0 Å². The van der Waals surface area contributed by atoms with Crippen molar-refractivity contribution in [2.24, 2.45) is 10.9 Å². The van der Waals surface area contributed by atoms with Crippen LogP contribution in [0, 0.1) is 0 Å². The molecular formula is C10H14N2O. The van der Waals surface area contributed by atoms with Crippen molar-refractivity contribution in [3.63, 3.8) is 0 Å². The van der Waals surface area contributed by atoms with Crippen molar-refractivity contribution in [3.8, 4) is 5.75 Å². The standard InChI is InChI=1S/C10H14N2O/c1-3-13-10-6-4-9(5-7-10)8(2)12-11/h4-7H,3,11H2,1-2H3/b12-8+. The Hall–Kier alpha value is -1.51. The van der Waals surface area contributed by atoms with Crippen molar-refractivity contribution < 1.29 is 4.74 Å². The molecule has 0 aromatic heterocycles. The minimum absolute atomic E-state index is 0.684. The summed E-state index contributed by atoms with van der Waals surface area (Å²) in [7, 11) is 0. The Morgan fingerprint density at radius 2 is 2.00 bits per heavy atom. The van der Waals surface area contributed by atoms with Crippen LogP contribution in [-0.2, 0) is 0 Å². The predicted molar refractivity (Wildman–Crippen MR) is 54.0 cm³/mol. The predicted octanol–water partition coefficient (Wildman–Crippen LogP) is 1.77. The van der Waals surface area contributed by atoms with E-state index >= 15 is 0 Å². The van der Waals surface area contributed by atoms with E-state index in [2.05, 4.69) is 5.10 Å². The van der Waals surface area contributed by atoms with Crippen molar-refractivity contribution in [2.75, 3.05) is 6.61 Å². The van der Waals surface area contributed by atoms with Crippen LogP contribution < -0.4 is 10.6 Å². The van der Waals surface area contributed by atoms with Crippen LogP contribution in [0.5, 0.6) is 5.75 Å². The zero-order valence-electron chi connectivity index (χ0n) is 7.95. The lowest BCUT2D eigenvalue weighted by atomic mass is 10.1. The van der Waals surface area contributed by atoms with E-state index in [1.165, 1.54) is 0 Å². The van der Waals surface area contributed by atoms with Crippen molar-refractivity contribution >= 4 is 5.71 Å². The summed E-state index contributed by atoms with van der Waals surface area (Å²) in [6.07, 6.45) is 0. The van der Waals surface area contributed by atoms with Gasteiger partial charge in [-0.25, -0.2) is 0 Å². The van der Waals surface area contributed by atoms with Crippen molar-refractivity contribution in [2.45, 2.75) is 13.8 Å². The summed E-state index contributed by atoms with van der Waals surface area (Å²) in [5.74, 6) is 6.03. The molecule has 13 heavy (non-hydrogen) atoms. The number of rotatable bonds is 3. The highest BCUT2D eigenvalue weighted by molar-refractivity contribution is 5.98. The second-order valence-corrected chi connectivity index (χ2v) is 2.67. The zero-order valence-corrected chi connectivity index (χ0v) is 7.95. The smallest absolute Gasteiger partial charge is 0.119 e. The minimum atomic E-state index is 0.684. The third-order valence-corrected chi connectivity index (χ3v) is 1.78. The van der Waals surface area contributed by atoms with Crippen LogP contribution in [0.2, 0.25) is 0 Å². The number of nitrogens with zero attached hydrogens (tertiary/aromatic N) is 1. The summed E-state index contributed by atoms with van der Waals surface area (Å²) in [5.41, 5.74) is 1.84. The zero-order chi connectivity index (χ0) is 9.68. The fraction of sp³-hybridized carbons (Fsp3) is 0.300. The lowest BCUT2D eigenvalue weighted by Gasteiger charge is -2.03. The lowest BCUT2D eigenvalue weighted by Crippen LogP contribution is -1.98. The van der Waals surface area contributed by atoms with E-state index in [0.29, 0.717) is 6.61 Å². The van der Waals surface area contributed by atoms with Gasteiger partial charge in [0, 0.05) is 0 Å². The normalized spacial score (nSPS) is 11.4. The van der Waals surface area contributed by atoms with Crippen molar-refractivity contribution in [1.29, 1.82) is 0 Å².